The van der Waals surface area contributed by atoms with Crippen LogP contribution in [0.25, 0.3) is 11.3 Å². The molecular weight excluding hydrogens is 310 g/mol. The zero-order chi connectivity index (χ0) is 17.4. The summed E-state index contributed by atoms with van der Waals surface area (Å²) in [4.78, 5) is 2.28. The second kappa shape index (κ2) is 5.99. The van der Waals surface area contributed by atoms with Crippen LogP contribution < -0.4 is 4.90 Å². The highest BCUT2D eigenvalue weighted by molar-refractivity contribution is 5.59. The Morgan fingerprint density at radius 1 is 0.960 bits per heavy atom. The van der Waals surface area contributed by atoms with Gasteiger partial charge < -0.3 is 4.90 Å². The summed E-state index contributed by atoms with van der Waals surface area (Å²) in [6.07, 6.45) is 2.98. The van der Waals surface area contributed by atoms with Gasteiger partial charge in [0.1, 0.15) is 0 Å². The zero-order valence-electron chi connectivity index (χ0n) is 15.0. The van der Waals surface area contributed by atoms with Crippen LogP contribution in [-0.2, 0) is 18.5 Å². The van der Waals surface area contributed by atoms with Gasteiger partial charge in [-0.25, -0.2) is 0 Å². The standard InChI is InChI=1S/C20H23N5/c1-20(2,3)25-18-11-12-24(14-16(18)13-21-25)19-10-9-17(22-23-19)15-7-5-4-6-8-15/h4-10,13H,11-12,14H2,1-3H3. The summed E-state index contributed by atoms with van der Waals surface area (Å²) in [5.74, 6) is 0.925. The molecule has 0 aliphatic carbocycles. The molecule has 0 amide bonds. The minimum absolute atomic E-state index is 0.0207. The van der Waals surface area contributed by atoms with Crippen LogP contribution in [-0.4, -0.2) is 26.5 Å². The van der Waals surface area contributed by atoms with Crippen molar-refractivity contribution in [2.24, 2.45) is 0 Å². The third-order valence-corrected chi connectivity index (χ3v) is 4.61. The van der Waals surface area contributed by atoms with Gasteiger partial charge in [-0.15, -0.1) is 10.2 Å². The summed E-state index contributed by atoms with van der Waals surface area (Å²) in [5.41, 5.74) is 4.65. The third kappa shape index (κ3) is 3.02. The predicted octanol–water partition coefficient (Wildman–Crippen LogP) is 3.66. The Bertz CT molecular complexity index is 859. The SMILES string of the molecule is CC(C)(C)n1ncc2c1CCN(c1ccc(-c3ccccc3)nn1)C2. The fourth-order valence-electron chi connectivity index (χ4n) is 3.36. The van der Waals surface area contributed by atoms with Crippen molar-refractivity contribution in [3.63, 3.8) is 0 Å². The van der Waals surface area contributed by atoms with Crippen molar-refractivity contribution in [2.45, 2.75) is 39.3 Å². The molecule has 0 bridgehead atoms. The normalized spacial score (nSPS) is 14.4. The Hall–Kier alpha value is -2.69. The molecule has 0 spiro atoms. The molecule has 0 saturated heterocycles. The molecule has 5 nitrogen and oxygen atoms in total. The van der Waals surface area contributed by atoms with Gasteiger partial charge in [-0.05, 0) is 32.9 Å². The molecule has 0 unspecified atom stereocenters. The van der Waals surface area contributed by atoms with Crippen molar-refractivity contribution in [1.82, 2.24) is 20.0 Å². The van der Waals surface area contributed by atoms with Crippen molar-refractivity contribution in [1.29, 1.82) is 0 Å². The Morgan fingerprint density at radius 3 is 2.44 bits per heavy atom. The first-order chi connectivity index (χ1) is 12.0. The maximum atomic E-state index is 4.60. The molecule has 128 valence electrons. The van der Waals surface area contributed by atoms with E-state index in [9.17, 15) is 0 Å². The highest BCUT2D eigenvalue weighted by atomic mass is 15.3. The van der Waals surface area contributed by atoms with E-state index in [2.05, 4.69) is 63.8 Å². The van der Waals surface area contributed by atoms with E-state index in [1.807, 2.05) is 30.5 Å². The Kier molecular flexibility index (Phi) is 3.79. The van der Waals surface area contributed by atoms with Gasteiger partial charge in [0.25, 0.3) is 0 Å². The van der Waals surface area contributed by atoms with Gasteiger partial charge in [0.2, 0.25) is 0 Å². The molecular formula is C20H23N5. The lowest BCUT2D eigenvalue weighted by Crippen LogP contribution is -2.34. The first-order valence-corrected chi connectivity index (χ1v) is 8.73. The second-order valence-corrected chi connectivity index (χ2v) is 7.51. The van der Waals surface area contributed by atoms with Crippen LogP contribution in [0, 0.1) is 0 Å². The monoisotopic (exact) mass is 333 g/mol. The topological polar surface area (TPSA) is 46.8 Å². The summed E-state index contributed by atoms with van der Waals surface area (Å²) in [5, 5.41) is 13.5. The van der Waals surface area contributed by atoms with E-state index >= 15 is 0 Å². The summed E-state index contributed by atoms with van der Waals surface area (Å²) in [7, 11) is 0. The number of aromatic nitrogens is 4. The molecule has 0 fully saturated rings. The number of rotatable bonds is 2. The first kappa shape index (κ1) is 15.8. The fourth-order valence-corrected chi connectivity index (χ4v) is 3.36. The van der Waals surface area contributed by atoms with Crippen LogP contribution in [0.5, 0.6) is 0 Å². The molecule has 1 aromatic carbocycles. The van der Waals surface area contributed by atoms with Crippen molar-refractivity contribution >= 4 is 5.82 Å². The molecule has 0 saturated carbocycles. The fraction of sp³-hybridized carbons (Fsp3) is 0.350. The Labute approximate surface area is 148 Å². The summed E-state index contributed by atoms with van der Waals surface area (Å²) >= 11 is 0. The maximum absolute atomic E-state index is 4.60. The largest absolute Gasteiger partial charge is 0.350 e. The molecule has 4 rings (SSSR count). The number of benzene rings is 1. The molecule has 1 aliphatic rings. The average Bonchev–Trinajstić information content (AvgIpc) is 3.06. The smallest absolute Gasteiger partial charge is 0.151 e. The lowest BCUT2D eigenvalue weighted by Gasteiger charge is -2.30. The molecule has 5 heteroatoms. The van der Waals surface area contributed by atoms with Crippen molar-refractivity contribution in [3.05, 3.63) is 59.9 Å². The molecule has 3 aromatic rings. The molecule has 2 aromatic heterocycles. The van der Waals surface area contributed by atoms with Gasteiger partial charge in [0, 0.05) is 36.3 Å². The van der Waals surface area contributed by atoms with Gasteiger partial charge in [-0.3, -0.25) is 4.68 Å². The minimum atomic E-state index is 0.0207. The number of hydrogen-bond acceptors (Lipinski definition) is 4. The van der Waals surface area contributed by atoms with Crippen molar-refractivity contribution in [2.75, 3.05) is 11.4 Å². The van der Waals surface area contributed by atoms with E-state index in [4.69, 9.17) is 0 Å². The van der Waals surface area contributed by atoms with E-state index < -0.39 is 0 Å². The van der Waals surface area contributed by atoms with Crippen molar-refractivity contribution in [3.8, 4) is 11.3 Å². The van der Waals surface area contributed by atoms with Gasteiger partial charge in [-0.1, -0.05) is 30.3 Å². The lowest BCUT2D eigenvalue weighted by atomic mass is 10.0. The Morgan fingerprint density at radius 2 is 1.76 bits per heavy atom. The van der Waals surface area contributed by atoms with Crippen LogP contribution in [0.4, 0.5) is 5.82 Å². The van der Waals surface area contributed by atoms with Crippen LogP contribution in [0.1, 0.15) is 32.0 Å². The lowest BCUT2D eigenvalue weighted by molar-refractivity contribution is 0.341. The number of nitrogens with zero attached hydrogens (tertiary/aromatic N) is 5. The summed E-state index contributed by atoms with van der Waals surface area (Å²) < 4.78 is 2.16. The predicted molar refractivity (Wildman–Crippen MR) is 99.4 cm³/mol. The second-order valence-electron chi connectivity index (χ2n) is 7.51. The molecule has 3 heterocycles. The molecule has 0 atom stereocenters. The molecule has 0 radical (unpaired) electrons. The third-order valence-electron chi connectivity index (χ3n) is 4.61. The number of anilines is 1. The molecule has 1 aliphatic heterocycles. The van der Waals surface area contributed by atoms with E-state index in [1.165, 1.54) is 11.3 Å². The van der Waals surface area contributed by atoms with Gasteiger partial charge in [0.05, 0.1) is 17.4 Å². The van der Waals surface area contributed by atoms with Crippen LogP contribution in [0.3, 0.4) is 0 Å². The van der Waals surface area contributed by atoms with E-state index in [-0.39, 0.29) is 5.54 Å². The van der Waals surface area contributed by atoms with E-state index in [0.717, 1.165) is 36.6 Å². The molecule has 0 N–H and O–H groups in total. The maximum Gasteiger partial charge on any atom is 0.151 e. The van der Waals surface area contributed by atoms with Crippen LogP contribution in [0.2, 0.25) is 0 Å². The average molecular weight is 333 g/mol. The number of hydrogen-bond donors (Lipinski definition) is 0. The first-order valence-electron chi connectivity index (χ1n) is 8.73. The highest BCUT2D eigenvalue weighted by Crippen LogP contribution is 2.27. The minimum Gasteiger partial charge on any atom is -0.350 e. The van der Waals surface area contributed by atoms with E-state index in [0.29, 0.717) is 0 Å². The van der Waals surface area contributed by atoms with E-state index in [1.54, 1.807) is 0 Å². The Balaban J connectivity index is 1.55. The zero-order valence-corrected chi connectivity index (χ0v) is 15.0. The molecule has 25 heavy (non-hydrogen) atoms. The van der Waals surface area contributed by atoms with Crippen LogP contribution >= 0.6 is 0 Å². The van der Waals surface area contributed by atoms with Gasteiger partial charge in [0.15, 0.2) is 5.82 Å². The quantitative estimate of drug-likeness (QED) is 0.718. The van der Waals surface area contributed by atoms with Gasteiger partial charge in [-0.2, -0.15) is 5.10 Å². The highest BCUT2D eigenvalue weighted by Gasteiger charge is 2.26. The van der Waals surface area contributed by atoms with Crippen molar-refractivity contribution < 1.29 is 0 Å². The summed E-state index contributed by atoms with van der Waals surface area (Å²) in [6, 6.07) is 14.3. The number of fused-ring (bicyclic) bond motifs is 1. The van der Waals surface area contributed by atoms with Crippen LogP contribution in [0.15, 0.2) is 48.7 Å². The summed E-state index contributed by atoms with van der Waals surface area (Å²) in [6.45, 7) is 8.36. The van der Waals surface area contributed by atoms with Gasteiger partial charge >= 0.3 is 0 Å².